The quantitative estimate of drug-likeness (QED) is 0.620. The number of hydrogen-bond donors (Lipinski definition) is 1. The molecule has 30 heavy (non-hydrogen) atoms. The van der Waals surface area contributed by atoms with Gasteiger partial charge in [-0.25, -0.2) is 4.98 Å². The fraction of sp³-hybridized carbons (Fsp3) is 0.304. The van der Waals surface area contributed by atoms with Crippen LogP contribution >= 0.6 is 22.9 Å². The summed E-state index contributed by atoms with van der Waals surface area (Å²) in [6.45, 7) is 4.06. The Hall–Kier alpha value is -2.41. The summed E-state index contributed by atoms with van der Waals surface area (Å²) in [5, 5.41) is 6.73. The molecule has 3 aromatic rings. The molecule has 1 unspecified atom stereocenters. The fourth-order valence-electron chi connectivity index (χ4n) is 3.56. The first kappa shape index (κ1) is 20.8. The number of thiazole rings is 1. The Morgan fingerprint density at radius 1 is 1.30 bits per heavy atom. The van der Waals surface area contributed by atoms with Crippen LogP contribution in [-0.4, -0.2) is 35.0 Å². The molecule has 156 valence electrons. The molecule has 1 N–H and O–H groups in total. The Morgan fingerprint density at radius 2 is 2.13 bits per heavy atom. The van der Waals surface area contributed by atoms with E-state index in [2.05, 4.69) is 27.3 Å². The van der Waals surface area contributed by atoms with E-state index in [1.807, 2.05) is 48.7 Å². The average molecular weight is 442 g/mol. The van der Waals surface area contributed by atoms with E-state index in [0.717, 1.165) is 28.4 Å². The van der Waals surface area contributed by atoms with Gasteiger partial charge in [0.25, 0.3) is 0 Å². The predicted molar refractivity (Wildman–Crippen MR) is 120 cm³/mol. The second-order valence-corrected chi connectivity index (χ2v) is 8.90. The molecular formula is C23H24ClN3O2S. The van der Waals surface area contributed by atoms with Gasteiger partial charge in [-0.1, -0.05) is 41.9 Å². The van der Waals surface area contributed by atoms with Crippen molar-refractivity contribution in [3.8, 4) is 5.75 Å². The number of rotatable bonds is 6. The van der Waals surface area contributed by atoms with Gasteiger partial charge >= 0.3 is 0 Å². The monoisotopic (exact) mass is 441 g/mol. The minimum atomic E-state index is -0.0229. The predicted octanol–water partition coefficient (Wildman–Crippen LogP) is 4.29. The zero-order chi connectivity index (χ0) is 20.9. The third kappa shape index (κ3) is 5.59. The number of fused-ring (bicyclic) bond motifs is 1. The van der Waals surface area contributed by atoms with Crippen LogP contribution in [0.25, 0.3) is 0 Å². The number of carbonyl (C=O) groups excluding carboxylic acids is 1. The topological polar surface area (TPSA) is 54.5 Å². The van der Waals surface area contributed by atoms with Gasteiger partial charge in [-0.3, -0.25) is 9.69 Å². The second kappa shape index (κ2) is 9.60. The second-order valence-electron chi connectivity index (χ2n) is 7.52. The van der Waals surface area contributed by atoms with Crippen molar-refractivity contribution in [1.82, 2.24) is 15.2 Å². The standard InChI is InChI=1S/C23H24ClN3O2S/c1-16-12-27(13-18-10-19(24)7-8-21(18)29-16)14-22(28)25-11-20-15-30-23(26-20)9-17-5-3-2-4-6-17/h2-8,10,15-16H,9,11-14H2,1H3,(H,25,28). The summed E-state index contributed by atoms with van der Waals surface area (Å²) in [6, 6.07) is 15.9. The number of benzene rings is 2. The summed E-state index contributed by atoms with van der Waals surface area (Å²) in [4.78, 5) is 19.3. The van der Waals surface area contributed by atoms with E-state index in [1.54, 1.807) is 11.3 Å². The van der Waals surface area contributed by atoms with Gasteiger partial charge in [-0.05, 0) is 30.7 Å². The Kier molecular flexibility index (Phi) is 6.67. The van der Waals surface area contributed by atoms with Crippen LogP contribution in [0.1, 0.15) is 28.8 Å². The highest BCUT2D eigenvalue weighted by molar-refractivity contribution is 7.09. The van der Waals surface area contributed by atoms with E-state index in [4.69, 9.17) is 16.3 Å². The Labute approximate surface area is 185 Å². The number of nitrogens with one attached hydrogen (secondary N) is 1. The summed E-state index contributed by atoms with van der Waals surface area (Å²) >= 11 is 7.76. The number of carbonyl (C=O) groups is 1. The minimum absolute atomic E-state index is 0.000638. The van der Waals surface area contributed by atoms with Gasteiger partial charge < -0.3 is 10.1 Å². The van der Waals surface area contributed by atoms with Crippen LogP contribution in [0, 0.1) is 0 Å². The molecule has 0 fully saturated rings. The maximum absolute atomic E-state index is 12.5. The molecule has 4 rings (SSSR count). The van der Waals surface area contributed by atoms with Gasteiger partial charge in [0.15, 0.2) is 0 Å². The van der Waals surface area contributed by atoms with E-state index in [9.17, 15) is 4.79 Å². The van der Waals surface area contributed by atoms with Crippen LogP contribution in [0.2, 0.25) is 5.02 Å². The zero-order valence-corrected chi connectivity index (χ0v) is 18.4. The van der Waals surface area contributed by atoms with Gasteiger partial charge in [-0.2, -0.15) is 0 Å². The lowest BCUT2D eigenvalue weighted by Crippen LogP contribution is -2.39. The third-order valence-electron chi connectivity index (χ3n) is 4.89. The van der Waals surface area contributed by atoms with Gasteiger partial charge in [0, 0.05) is 35.5 Å². The zero-order valence-electron chi connectivity index (χ0n) is 16.8. The third-order valence-corrected chi connectivity index (χ3v) is 6.02. The van der Waals surface area contributed by atoms with E-state index < -0.39 is 0 Å². The molecule has 1 aliphatic heterocycles. The van der Waals surface area contributed by atoms with Crippen molar-refractivity contribution in [2.75, 3.05) is 13.1 Å². The normalized spacial score (nSPS) is 16.4. The average Bonchev–Trinajstić information content (AvgIpc) is 3.10. The molecule has 0 radical (unpaired) electrons. The van der Waals surface area contributed by atoms with Crippen molar-refractivity contribution in [1.29, 1.82) is 0 Å². The summed E-state index contributed by atoms with van der Waals surface area (Å²) in [6.07, 6.45) is 0.812. The van der Waals surface area contributed by atoms with Gasteiger partial charge in [0.2, 0.25) is 5.91 Å². The largest absolute Gasteiger partial charge is 0.489 e. The van der Waals surface area contributed by atoms with E-state index in [1.165, 1.54) is 5.56 Å². The van der Waals surface area contributed by atoms with Crippen molar-refractivity contribution in [2.24, 2.45) is 0 Å². The summed E-state index contributed by atoms with van der Waals surface area (Å²) in [7, 11) is 0. The number of nitrogens with zero attached hydrogens (tertiary/aromatic N) is 2. The molecule has 1 amide bonds. The van der Waals surface area contributed by atoms with E-state index >= 15 is 0 Å². The molecule has 0 spiro atoms. The van der Waals surface area contributed by atoms with Crippen LogP contribution < -0.4 is 10.1 Å². The Morgan fingerprint density at radius 3 is 2.97 bits per heavy atom. The molecule has 1 aromatic heterocycles. The molecule has 0 saturated carbocycles. The summed E-state index contributed by atoms with van der Waals surface area (Å²) in [5.41, 5.74) is 3.13. The highest BCUT2D eigenvalue weighted by atomic mass is 35.5. The number of aromatic nitrogens is 1. The lowest BCUT2D eigenvalue weighted by molar-refractivity contribution is -0.122. The first-order chi connectivity index (χ1) is 14.5. The molecule has 7 heteroatoms. The molecule has 2 aromatic carbocycles. The summed E-state index contributed by atoms with van der Waals surface area (Å²) < 4.78 is 5.96. The van der Waals surface area contributed by atoms with Crippen LogP contribution in [0.15, 0.2) is 53.9 Å². The first-order valence-electron chi connectivity index (χ1n) is 9.96. The van der Waals surface area contributed by atoms with Crippen LogP contribution in [-0.2, 0) is 24.3 Å². The van der Waals surface area contributed by atoms with Crippen LogP contribution in [0.4, 0.5) is 0 Å². The van der Waals surface area contributed by atoms with E-state index in [-0.39, 0.29) is 12.0 Å². The SMILES string of the molecule is CC1CN(CC(=O)NCc2csc(Cc3ccccc3)n2)Cc2cc(Cl)ccc2O1. The maximum Gasteiger partial charge on any atom is 0.234 e. The number of hydrogen-bond acceptors (Lipinski definition) is 5. The van der Waals surface area contributed by atoms with Crippen molar-refractivity contribution in [2.45, 2.75) is 32.5 Å². The number of halogens is 1. The number of ether oxygens (including phenoxy) is 1. The lowest BCUT2D eigenvalue weighted by atomic mass is 10.2. The highest BCUT2D eigenvalue weighted by Crippen LogP contribution is 2.27. The molecule has 0 saturated heterocycles. The van der Waals surface area contributed by atoms with Gasteiger partial charge in [-0.15, -0.1) is 11.3 Å². The van der Waals surface area contributed by atoms with Crippen molar-refractivity contribution >= 4 is 28.8 Å². The highest BCUT2D eigenvalue weighted by Gasteiger charge is 2.22. The van der Waals surface area contributed by atoms with Gasteiger partial charge in [0.1, 0.15) is 11.9 Å². The molecule has 1 atom stereocenters. The van der Waals surface area contributed by atoms with Crippen LogP contribution in [0.5, 0.6) is 5.75 Å². The lowest BCUT2D eigenvalue weighted by Gasteiger charge is -2.21. The Balaban J connectivity index is 1.30. The molecular weight excluding hydrogens is 418 g/mol. The summed E-state index contributed by atoms with van der Waals surface area (Å²) in [5.74, 6) is 0.813. The molecule has 0 aliphatic carbocycles. The minimum Gasteiger partial charge on any atom is -0.489 e. The molecule has 0 bridgehead atoms. The molecule has 2 heterocycles. The van der Waals surface area contributed by atoms with Crippen molar-refractivity contribution < 1.29 is 9.53 Å². The maximum atomic E-state index is 12.5. The van der Waals surface area contributed by atoms with Crippen molar-refractivity contribution in [3.63, 3.8) is 0 Å². The fourth-order valence-corrected chi connectivity index (χ4v) is 4.58. The number of amides is 1. The molecule has 5 nitrogen and oxygen atoms in total. The first-order valence-corrected chi connectivity index (χ1v) is 11.2. The van der Waals surface area contributed by atoms with E-state index in [0.29, 0.717) is 31.2 Å². The smallest absolute Gasteiger partial charge is 0.234 e. The molecule has 1 aliphatic rings. The van der Waals surface area contributed by atoms with Crippen molar-refractivity contribution in [3.05, 3.63) is 80.8 Å². The van der Waals surface area contributed by atoms with Gasteiger partial charge in [0.05, 0.1) is 23.8 Å². The van der Waals surface area contributed by atoms with Crippen LogP contribution in [0.3, 0.4) is 0 Å². The Bertz CT molecular complexity index is 1010.